The predicted octanol–water partition coefficient (Wildman–Crippen LogP) is 6.27. The number of carbonyl (C=O) groups is 4. The van der Waals surface area contributed by atoms with Crippen LogP contribution in [-0.4, -0.2) is 82.9 Å². The normalized spacial score (nSPS) is 10.4. The fourth-order valence-electron chi connectivity index (χ4n) is 3.73. The highest BCUT2D eigenvalue weighted by Crippen LogP contribution is 2.09. The van der Waals surface area contributed by atoms with E-state index in [1.807, 2.05) is 0 Å². The van der Waals surface area contributed by atoms with Gasteiger partial charge in [0.15, 0.2) is 6.10 Å². The van der Waals surface area contributed by atoms with Gasteiger partial charge in [-0.25, -0.2) is 0 Å². The topological polar surface area (TPSA) is 177 Å². The van der Waals surface area contributed by atoms with Gasteiger partial charge < -0.3 is 34.6 Å². The van der Waals surface area contributed by atoms with E-state index < -0.39 is 18.2 Å². The van der Waals surface area contributed by atoms with E-state index in [0.717, 1.165) is 96.3 Å². The highest BCUT2D eigenvalue weighted by atomic mass is 16.6. The van der Waals surface area contributed by atoms with Crippen LogP contribution in [0.15, 0.2) is 0 Å². The molecule has 0 aromatic carbocycles. The molecule has 11 nitrogen and oxygen atoms in total. The maximum atomic E-state index is 12.1. The summed E-state index contributed by atoms with van der Waals surface area (Å²) in [6, 6.07) is 0. The Morgan fingerprint density at radius 3 is 1.13 bits per heavy atom. The first-order chi connectivity index (χ1) is 21.6. The molecule has 0 radical (unpaired) electrons. The first-order valence-corrected chi connectivity index (χ1v) is 17.2. The summed E-state index contributed by atoms with van der Waals surface area (Å²) in [6.07, 6.45) is 15.8. The minimum Gasteiger partial charge on any atom is -0.481 e. The number of aliphatic hydroxyl groups is 3. The van der Waals surface area contributed by atoms with Gasteiger partial charge in [0, 0.05) is 25.7 Å². The zero-order valence-corrected chi connectivity index (χ0v) is 28.8. The lowest BCUT2D eigenvalue weighted by atomic mass is 10.1. The van der Waals surface area contributed by atoms with Crippen LogP contribution in [0.1, 0.15) is 156 Å². The first kappa shape index (κ1) is 47.2. The molecular weight excluding hydrogens is 584 g/mol. The number of hydrogen-bond acceptors (Lipinski definition) is 10. The van der Waals surface area contributed by atoms with Crippen LogP contribution in [0.2, 0.25) is 0 Å². The molecule has 0 atom stereocenters. The zero-order valence-electron chi connectivity index (χ0n) is 28.8. The van der Waals surface area contributed by atoms with Crippen LogP contribution in [0.5, 0.6) is 0 Å². The largest absolute Gasteiger partial charge is 0.481 e. The molecule has 0 fully saturated rings. The average molecular weight is 651 g/mol. The second kappa shape index (κ2) is 37.9. The second-order valence-electron chi connectivity index (χ2n) is 11.1. The third-order valence-corrected chi connectivity index (χ3v) is 6.53. The van der Waals surface area contributed by atoms with E-state index in [9.17, 15) is 19.2 Å². The number of ether oxygens (including phenoxy) is 3. The lowest BCUT2D eigenvalue weighted by Gasteiger charge is -2.18. The van der Waals surface area contributed by atoms with E-state index in [-0.39, 0.29) is 44.3 Å². The van der Waals surface area contributed by atoms with Crippen LogP contribution >= 0.6 is 0 Å². The summed E-state index contributed by atoms with van der Waals surface area (Å²) < 4.78 is 16.0. The lowest BCUT2D eigenvalue weighted by Crippen LogP contribution is -2.30. The van der Waals surface area contributed by atoms with E-state index in [2.05, 4.69) is 27.7 Å². The van der Waals surface area contributed by atoms with Crippen molar-refractivity contribution in [3.05, 3.63) is 0 Å². The molecule has 0 saturated carbocycles. The number of esters is 3. The number of aliphatic hydroxyl groups excluding tert-OH is 3. The van der Waals surface area contributed by atoms with E-state index in [1.165, 1.54) is 6.42 Å². The molecule has 0 bridgehead atoms. The molecule has 11 heteroatoms. The molecule has 0 aliphatic heterocycles. The van der Waals surface area contributed by atoms with Crippen LogP contribution in [0.3, 0.4) is 0 Å². The van der Waals surface area contributed by atoms with Crippen LogP contribution in [0.4, 0.5) is 0 Å². The summed E-state index contributed by atoms with van der Waals surface area (Å²) in [6.45, 7) is 7.58. The fraction of sp³-hybridized carbons (Fsp3) is 0.882. The van der Waals surface area contributed by atoms with Crippen molar-refractivity contribution in [2.75, 3.05) is 26.4 Å². The summed E-state index contributed by atoms with van der Waals surface area (Å²) in [5.74, 6) is -1.62. The van der Waals surface area contributed by atoms with Crippen molar-refractivity contribution < 1.29 is 53.8 Å². The molecule has 0 saturated heterocycles. The van der Waals surface area contributed by atoms with Crippen molar-refractivity contribution in [1.82, 2.24) is 0 Å². The van der Waals surface area contributed by atoms with Gasteiger partial charge in [0.05, 0.1) is 13.2 Å². The number of unbranched alkanes of at least 4 members (excludes halogenated alkanes) is 12. The fourth-order valence-corrected chi connectivity index (χ4v) is 3.73. The van der Waals surface area contributed by atoms with Gasteiger partial charge in [0.25, 0.3) is 0 Å². The van der Waals surface area contributed by atoms with Crippen molar-refractivity contribution in [2.45, 2.75) is 168 Å². The summed E-state index contributed by atoms with van der Waals surface area (Å²) in [5, 5.41) is 32.2. The monoisotopic (exact) mass is 650 g/mol. The minimum absolute atomic E-state index is 0.0730. The Morgan fingerprint density at radius 1 is 0.511 bits per heavy atom. The van der Waals surface area contributed by atoms with Gasteiger partial charge in [-0.15, -0.1) is 0 Å². The number of carboxylic acids is 1. The van der Waals surface area contributed by atoms with Crippen molar-refractivity contribution >= 4 is 23.9 Å². The molecule has 4 N–H and O–H groups in total. The molecule has 0 aliphatic carbocycles. The van der Waals surface area contributed by atoms with Gasteiger partial charge in [-0.3, -0.25) is 19.2 Å². The van der Waals surface area contributed by atoms with E-state index in [4.69, 9.17) is 34.6 Å². The number of carbonyl (C=O) groups excluding carboxylic acids is 3. The van der Waals surface area contributed by atoms with Gasteiger partial charge in [0.2, 0.25) is 0 Å². The average Bonchev–Trinajstić information content (AvgIpc) is 3.03. The SMILES string of the molecule is CCCCCCC(=O)O.CCCCCCC(=O)OCC(COC(=O)CCCCCC)OC(=O)CCCCCC.OCC(O)CO. The summed E-state index contributed by atoms with van der Waals surface area (Å²) in [4.78, 5) is 45.9. The zero-order chi connectivity index (χ0) is 34.6. The molecule has 0 aromatic heterocycles. The van der Waals surface area contributed by atoms with Crippen LogP contribution in [0.25, 0.3) is 0 Å². The highest BCUT2D eigenvalue weighted by molar-refractivity contribution is 5.71. The van der Waals surface area contributed by atoms with E-state index in [1.54, 1.807) is 0 Å². The van der Waals surface area contributed by atoms with Crippen molar-refractivity contribution in [3.8, 4) is 0 Å². The summed E-state index contributed by atoms with van der Waals surface area (Å²) in [7, 11) is 0. The smallest absolute Gasteiger partial charge is 0.306 e. The Labute approximate surface area is 272 Å². The molecule has 0 spiro atoms. The van der Waals surface area contributed by atoms with E-state index in [0.29, 0.717) is 25.7 Å². The quantitative estimate of drug-likeness (QED) is 0.0448. The molecular formula is C34H66O11. The van der Waals surface area contributed by atoms with Crippen molar-refractivity contribution in [3.63, 3.8) is 0 Å². The predicted molar refractivity (Wildman–Crippen MR) is 175 cm³/mol. The Kier molecular flexibility index (Phi) is 39.8. The highest BCUT2D eigenvalue weighted by Gasteiger charge is 2.19. The lowest BCUT2D eigenvalue weighted by molar-refractivity contribution is -0.167. The number of aliphatic carboxylic acids is 1. The summed E-state index contributed by atoms with van der Waals surface area (Å²) >= 11 is 0. The Hall–Kier alpha value is -2.24. The van der Waals surface area contributed by atoms with E-state index >= 15 is 0 Å². The molecule has 0 amide bonds. The van der Waals surface area contributed by atoms with Crippen LogP contribution in [0, 0.1) is 0 Å². The standard InChI is InChI=1S/C24H44O6.C7H14O2.C3H8O3/c1-4-7-10-13-16-22(25)28-19-21(30-24(27)18-15-12-9-6-3)20-29-23(26)17-14-11-8-5-2;1-2-3-4-5-6-7(8)9;4-1-3(6)2-5/h21H,4-20H2,1-3H3;2-6H2,1H3,(H,8,9);3-6H,1-2H2. The second-order valence-corrected chi connectivity index (χ2v) is 11.1. The third kappa shape index (κ3) is 41.8. The molecule has 0 aromatic rings. The van der Waals surface area contributed by atoms with Gasteiger partial charge in [-0.2, -0.15) is 0 Å². The first-order valence-electron chi connectivity index (χ1n) is 17.2. The summed E-state index contributed by atoms with van der Waals surface area (Å²) in [5.41, 5.74) is 0. The van der Waals surface area contributed by atoms with Gasteiger partial charge in [-0.05, 0) is 25.7 Å². The maximum Gasteiger partial charge on any atom is 0.306 e. The minimum atomic E-state index is -0.954. The molecule has 268 valence electrons. The number of carboxylic acid groups (broad SMARTS) is 1. The molecule has 0 aliphatic rings. The van der Waals surface area contributed by atoms with Gasteiger partial charge in [0.1, 0.15) is 19.3 Å². The number of hydrogen-bond donors (Lipinski definition) is 4. The molecule has 0 rings (SSSR count). The van der Waals surface area contributed by atoms with Gasteiger partial charge in [-0.1, -0.05) is 105 Å². The third-order valence-electron chi connectivity index (χ3n) is 6.53. The van der Waals surface area contributed by atoms with Crippen molar-refractivity contribution in [2.24, 2.45) is 0 Å². The molecule has 0 unspecified atom stereocenters. The number of rotatable bonds is 27. The molecule has 45 heavy (non-hydrogen) atoms. The van der Waals surface area contributed by atoms with Crippen molar-refractivity contribution in [1.29, 1.82) is 0 Å². The van der Waals surface area contributed by atoms with Gasteiger partial charge >= 0.3 is 23.9 Å². The Bertz CT molecular complexity index is 653. The molecule has 0 heterocycles. The van der Waals surface area contributed by atoms with Crippen LogP contribution < -0.4 is 0 Å². The maximum absolute atomic E-state index is 12.1. The Morgan fingerprint density at radius 2 is 0.844 bits per heavy atom. The van der Waals surface area contributed by atoms with Crippen LogP contribution in [-0.2, 0) is 33.4 Å². The Balaban J connectivity index is -0.000000959.